The highest BCUT2D eigenvalue weighted by atomic mass is 35.5. The van der Waals surface area contributed by atoms with Gasteiger partial charge < -0.3 is 4.90 Å². The largest absolute Gasteiger partial charge is 0.406 e. The molecule has 1 amide bonds. The number of aromatic nitrogens is 1. The van der Waals surface area contributed by atoms with Gasteiger partial charge in [-0.2, -0.15) is 13.2 Å². The molecule has 0 atom stereocenters. The van der Waals surface area contributed by atoms with Crippen LogP contribution in [0.1, 0.15) is 37.0 Å². The lowest BCUT2D eigenvalue weighted by Gasteiger charge is -2.31. The highest BCUT2D eigenvalue weighted by Crippen LogP contribution is 2.24. The van der Waals surface area contributed by atoms with Crippen LogP contribution in [0.4, 0.5) is 13.2 Å². The van der Waals surface area contributed by atoms with Gasteiger partial charge in [-0.05, 0) is 25.0 Å². The Kier molecular flexibility index (Phi) is 6.28. The van der Waals surface area contributed by atoms with Gasteiger partial charge in [-0.3, -0.25) is 4.79 Å². The molecule has 0 saturated carbocycles. The molecule has 1 rings (SSSR count). The van der Waals surface area contributed by atoms with E-state index in [1.54, 1.807) is 13.8 Å². The van der Waals surface area contributed by atoms with Gasteiger partial charge in [0.15, 0.2) is 0 Å². The highest BCUT2D eigenvalue weighted by Gasteiger charge is 2.36. The lowest BCUT2D eigenvalue weighted by molar-refractivity contribution is -0.144. The summed E-state index contributed by atoms with van der Waals surface area (Å²) in [7, 11) is 0. The van der Waals surface area contributed by atoms with Crippen LogP contribution in [0.25, 0.3) is 0 Å². The van der Waals surface area contributed by atoms with Crippen LogP contribution in [-0.2, 0) is 0 Å². The molecule has 0 N–H and O–H groups in total. The van der Waals surface area contributed by atoms with E-state index in [4.69, 9.17) is 23.2 Å². The summed E-state index contributed by atoms with van der Waals surface area (Å²) in [5.41, 5.74) is -0.00356. The molecule has 0 aliphatic carbocycles. The molecule has 0 fully saturated rings. The highest BCUT2D eigenvalue weighted by molar-refractivity contribution is 6.33. The van der Waals surface area contributed by atoms with Gasteiger partial charge in [-0.25, -0.2) is 4.98 Å². The molecule has 0 unspecified atom stereocenters. The molecular formula is C13H15Cl2F3N2O. The minimum absolute atomic E-state index is 0.00356. The van der Waals surface area contributed by atoms with Crippen molar-refractivity contribution in [3.8, 4) is 0 Å². The third-order valence-corrected chi connectivity index (χ3v) is 3.39. The van der Waals surface area contributed by atoms with Crippen molar-refractivity contribution < 1.29 is 18.0 Å². The summed E-state index contributed by atoms with van der Waals surface area (Å²) < 4.78 is 38.1. The van der Waals surface area contributed by atoms with Crippen LogP contribution in [-0.4, -0.2) is 34.6 Å². The second kappa shape index (κ2) is 7.31. The van der Waals surface area contributed by atoms with Crippen LogP contribution in [0, 0.1) is 0 Å². The number of halogens is 5. The molecular weight excluding hydrogens is 328 g/mol. The number of rotatable bonds is 5. The predicted octanol–water partition coefficient (Wildman–Crippen LogP) is 4.58. The monoisotopic (exact) mass is 342 g/mol. The Balaban J connectivity index is 3.14. The Hall–Kier alpha value is -1.01. The zero-order valence-electron chi connectivity index (χ0n) is 11.5. The van der Waals surface area contributed by atoms with Gasteiger partial charge >= 0.3 is 6.18 Å². The van der Waals surface area contributed by atoms with E-state index in [1.165, 1.54) is 12.1 Å². The molecule has 0 aliphatic rings. The first kappa shape index (κ1) is 18.0. The number of amides is 1. The average Bonchev–Trinajstić information content (AvgIpc) is 2.35. The Bertz CT molecular complexity index is 484. The fourth-order valence-electron chi connectivity index (χ4n) is 2.04. The number of hydrogen-bond acceptors (Lipinski definition) is 2. The Morgan fingerprint density at radius 1 is 1.24 bits per heavy atom. The molecule has 0 aromatic carbocycles. The second-order valence-corrected chi connectivity index (χ2v) is 5.29. The second-order valence-electron chi connectivity index (χ2n) is 4.52. The topological polar surface area (TPSA) is 33.2 Å². The van der Waals surface area contributed by atoms with Gasteiger partial charge in [0.2, 0.25) is 0 Å². The Morgan fingerprint density at radius 2 is 1.71 bits per heavy atom. The SMILES string of the molecule is CCC(CC)N(CC(F)(F)F)C(=O)c1cc(Cl)nc(Cl)c1. The minimum atomic E-state index is -4.47. The van der Waals surface area contributed by atoms with E-state index >= 15 is 0 Å². The molecule has 0 spiro atoms. The molecule has 0 radical (unpaired) electrons. The summed E-state index contributed by atoms with van der Waals surface area (Å²) in [6.07, 6.45) is -3.63. The summed E-state index contributed by atoms with van der Waals surface area (Å²) in [5.74, 6) is -0.757. The maximum Gasteiger partial charge on any atom is 0.406 e. The summed E-state index contributed by atoms with van der Waals surface area (Å²) in [4.78, 5) is 16.8. The van der Waals surface area contributed by atoms with Crippen molar-refractivity contribution in [3.05, 3.63) is 28.0 Å². The van der Waals surface area contributed by atoms with Crippen molar-refractivity contribution in [1.82, 2.24) is 9.88 Å². The lowest BCUT2D eigenvalue weighted by Crippen LogP contribution is -2.45. The molecule has 118 valence electrons. The molecule has 8 heteroatoms. The van der Waals surface area contributed by atoms with Gasteiger partial charge in [0, 0.05) is 11.6 Å². The first-order valence-electron chi connectivity index (χ1n) is 6.38. The molecule has 3 nitrogen and oxygen atoms in total. The summed E-state index contributed by atoms with van der Waals surface area (Å²) in [5, 5.41) is -0.0790. The van der Waals surface area contributed by atoms with E-state index in [9.17, 15) is 18.0 Å². The third kappa shape index (κ3) is 5.36. The molecule has 0 bridgehead atoms. The van der Waals surface area contributed by atoms with E-state index in [1.807, 2.05) is 0 Å². The van der Waals surface area contributed by atoms with Crippen LogP contribution in [0.15, 0.2) is 12.1 Å². The zero-order valence-corrected chi connectivity index (χ0v) is 13.1. The van der Waals surface area contributed by atoms with Crippen molar-refractivity contribution in [2.45, 2.75) is 38.9 Å². The van der Waals surface area contributed by atoms with E-state index < -0.39 is 24.7 Å². The van der Waals surface area contributed by atoms with Crippen LogP contribution in [0.3, 0.4) is 0 Å². The summed E-state index contributed by atoms with van der Waals surface area (Å²) >= 11 is 11.4. The first-order chi connectivity index (χ1) is 9.67. The van der Waals surface area contributed by atoms with E-state index in [0.29, 0.717) is 12.8 Å². The number of nitrogens with zero attached hydrogens (tertiary/aromatic N) is 2. The number of alkyl halides is 3. The molecule has 21 heavy (non-hydrogen) atoms. The van der Waals surface area contributed by atoms with Crippen molar-refractivity contribution >= 4 is 29.1 Å². The van der Waals surface area contributed by atoms with E-state index in [-0.39, 0.29) is 15.9 Å². The van der Waals surface area contributed by atoms with Gasteiger partial charge in [-0.1, -0.05) is 37.0 Å². The van der Waals surface area contributed by atoms with Gasteiger partial charge in [-0.15, -0.1) is 0 Å². The van der Waals surface area contributed by atoms with Crippen molar-refractivity contribution in [2.24, 2.45) is 0 Å². The van der Waals surface area contributed by atoms with Crippen molar-refractivity contribution in [3.63, 3.8) is 0 Å². The van der Waals surface area contributed by atoms with Crippen LogP contribution < -0.4 is 0 Å². The molecule has 0 saturated heterocycles. The fraction of sp³-hybridized carbons (Fsp3) is 0.538. The first-order valence-corrected chi connectivity index (χ1v) is 7.14. The van der Waals surface area contributed by atoms with Gasteiger partial charge in [0.25, 0.3) is 5.91 Å². The third-order valence-electron chi connectivity index (χ3n) is 3.00. The zero-order chi connectivity index (χ0) is 16.2. The average molecular weight is 343 g/mol. The number of pyridine rings is 1. The molecule has 0 aliphatic heterocycles. The Morgan fingerprint density at radius 3 is 2.10 bits per heavy atom. The lowest BCUT2D eigenvalue weighted by atomic mass is 10.1. The van der Waals surface area contributed by atoms with Crippen molar-refractivity contribution in [1.29, 1.82) is 0 Å². The molecule has 1 heterocycles. The van der Waals surface area contributed by atoms with Crippen LogP contribution in [0.5, 0.6) is 0 Å². The number of hydrogen-bond donors (Lipinski definition) is 0. The quantitative estimate of drug-likeness (QED) is 0.733. The normalized spacial score (nSPS) is 11.8. The van der Waals surface area contributed by atoms with Crippen LogP contribution in [0.2, 0.25) is 10.3 Å². The van der Waals surface area contributed by atoms with Gasteiger partial charge in [0.05, 0.1) is 0 Å². The van der Waals surface area contributed by atoms with Crippen molar-refractivity contribution in [2.75, 3.05) is 6.54 Å². The predicted molar refractivity (Wildman–Crippen MR) is 75.7 cm³/mol. The number of carbonyl (C=O) groups is 1. The van der Waals surface area contributed by atoms with E-state index in [2.05, 4.69) is 4.98 Å². The van der Waals surface area contributed by atoms with Gasteiger partial charge in [0.1, 0.15) is 16.9 Å². The smallest absolute Gasteiger partial charge is 0.327 e. The standard InChI is InChI=1S/C13H15Cl2F3N2O/c1-3-9(4-2)20(7-13(16,17)18)12(21)8-5-10(14)19-11(15)6-8/h5-6,9H,3-4,7H2,1-2H3. The summed E-state index contributed by atoms with van der Waals surface area (Å²) in [6, 6.07) is 1.91. The van der Waals surface area contributed by atoms with Crippen LogP contribution >= 0.6 is 23.2 Å². The molecule has 1 aromatic rings. The van der Waals surface area contributed by atoms with E-state index in [0.717, 1.165) is 4.90 Å². The minimum Gasteiger partial charge on any atom is -0.327 e. The summed E-state index contributed by atoms with van der Waals surface area (Å²) in [6.45, 7) is 2.16. The maximum atomic E-state index is 12.7. The fourth-order valence-corrected chi connectivity index (χ4v) is 2.50. The Labute approximate surface area is 131 Å². The maximum absolute atomic E-state index is 12.7. The molecule has 1 aromatic heterocycles. The number of carbonyl (C=O) groups excluding carboxylic acids is 1.